The molecule has 0 heterocycles. The average Bonchev–Trinajstić information content (AvgIpc) is 2.54. The molecule has 0 saturated heterocycles. The van der Waals surface area contributed by atoms with E-state index in [0.29, 0.717) is 6.54 Å². The van der Waals surface area contributed by atoms with Crippen LogP contribution in [0.3, 0.4) is 0 Å². The Labute approximate surface area is 134 Å². The Hall–Kier alpha value is -2.89. The van der Waals surface area contributed by atoms with Gasteiger partial charge in [0.2, 0.25) is 0 Å². The summed E-state index contributed by atoms with van der Waals surface area (Å²) < 4.78 is 13.4. The molecule has 0 atom stereocenters. The van der Waals surface area contributed by atoms with Crippen molar-refractivity contribution in [2.24, 2.45) is 10.7 Å². The van der Waals surface area contributed by atoms with E-state index in [2.05, 4.69) is 15.6 Å². The van der Waals surface area contributed by atoms with E-state index in [1.54, 1.807) is 6.07 Å². The van der Waals surface area contributed by atoms with E-state index >= 15 is 0 Å². The number of carbonyl (C=O) groups excluding carboxylic acids is 1. The minimum atomic E-state index is -0.547. The highest BCUT2D eigenvalue weighted by Gasteiger charge is 2.09. The molecule has 0 bridgehead atoms. The van der Waals surface area contributed by atoms with E-state index in [4.69, 9.17) is 5.73 Å². The molecule has 1 amide bonds. The lowest BCUT2D eigenvalue weighted by molar-refractivity contribution is 0.0951. The van der Waals surface area contributed by atoms with Crippen molar-refractivity contribution in [2.75, 3.05) is 18.4 Å². The molecule has 0 aliphatic rings. The minimum Gasteiger partial charge on any atom is -0.370 e. The second-order valence-electron chi connectivity index (χ2n) is 4.99. The van der Waals surface area contributed by atoms with Crippen LogP contribution in [-0.4, -0.2) is 25.0 Å². The number of aryl methyl sites for hydroxylation is 1. The fourth-order valence-corrected chi connectivity index (χ4v) is 1.91. The van der Waals surface area contributed by atoms with Crippen molar-refractivity contribution in [3.63, 3.8) is 0 Å². The summed E-state index contributed by atoms with van der Waals surface area (Å²) in [5, 5.41) is 5.55. The van der Waals surface area contributed by atoms with Crippen LogP contribution in [0.15, 0.2) is 53.5 Å². The second kappa shape index (κ2) is 7.93. The van der Waals surface area contributed by atoms with Crippen molar-refractivity contribution in [3.8, 4) is 0 Å². The van der Waals surface area contributed by atoms with Crippen LogP contribution >= 0.6 is 0 Å². The summed E-state index contributed by atoms with van der Waals surface area (Å²) in [4.78, 5) is 15.9. The molecule has 6 heteroatoms. The fourth-order valence-electron chi connectivity index (χ4n) is 1.91. The summed E-state index contributed by atoms with van der Waals surface area (Å²) in [5.74, 6) is -0.758. The highest BCUT2D eigenvalue weighted by atomic mass is 19.1. The Kier molecular flexibility index (Phi) is 5.68. The first-order valence-corrected chi connectivity index (χ1v) is 7.22. The SMILES string of the molecule is Cc1ccc(NC(N)=NCCNC(=O)c2ccccc2F)cc1. The van der Waals surface area contributed by atoms with Gasteiger partial charge in [-0.2, -0.15) is 0 Å². The standard InChI is InChI=1S/C17H19FN4O/c1-12-6-8-13(9-7-12)22-17(19)21-11-10-20-16(23)14-4-2-3-5-15(14)18/h2-9H,10-11H2,1H3,(H,20,23)(H3,19,21,22). The second-order valence-corrected chi connectivity index (χ2v) is 4.99. The fraction of sp³-hybridized carbons (Fsp3) is 0.176. The summed E-state index contributed by atoms with van der Waals surface area (Å²) in [6.07, 6.45) is 0. The number of hydrogen-bond donors (Lipinski definition) is 3. The molecule has 0 fully saturated rings. The predicted molar refractivity (Wildman–Crippen MR) is 90.0 cm³/mol. The van der Waals surface area contributed by atoms with Crippen molar-refractivity contribution in [2.45, 2.75) is 6.92 Å². The molecule has 0 aliphatic heterocycles. The van der Waals surface area contributed by atoms with Gasteiger partial charge in [0, 0.05) is 12.2 Å². The summed E-state index contributed by atoms with van der Waals surface area (Å²) in [6, 6.07) is 13.6. The van der Waals surface area contributed by atoms with Crippen LogP contribution in [-0.2, 0) is 0 Å². The number of benzene rings is 2. The Morgan fingerprint density at radius 2 is 1.87 bits per heavy atom. The van der Waals surface area contributed by atoms with Crippen molar-refractivity contribution in [1.82, 2.24) is 5.32 Å². The van der Waals surface area contributed by atoms with Gasteiger partial charge in [0.25, 0.3) is 5.91 Å². The van der Waals surface area contributed by atoms with Crippen LogP contribution in [0.1, 0.15) is 15.9 Å². The van der Waals surface area contributed by atoms with Gasteiger partial charge in [-0.3, -0.25) is 9.79 Å². The van der Waals surface area contributed by atoms with E-state index in [-0.39, 0.29) is 18.1 Å². The molecule has 4 N–H and O–H groups in total. The normalized spacial score (nSPS) is 11.1. The number of nitrogens with zero attached hydrogens (tertiary/aromatic N) is 1. The largest absolute Gasteiger partial charge is 0.370 e. The molecule has 5 nitrogen and oxygen atoms in total. The molecule has 2 aromatic carbocycles. The van der Waals surface area contributed by atoms with E-state index in [9.17, 15) is 9.18 Å². The van der Waals surface area contributed by atoms with Gasteiger partial charge >= 0.3 is 0 Å². The summed E-state index contributed by atoms with van der Waals surface area (Å²) in [5.41, 5.74) is 7.77. The number of rotatable bonds is 5. The molecule has 2 rings (SSSR count). The van der Waals surface area contributed by atoms with Gasteiger partial charge in [-0.25, -0.2) is 4.39 Å². The zero-order valence-electron chi connectivity index (χ0n) is 12.8. The number of guanidine groups is 1. The highest BCUT2D eigenvalue weighted by Crippen LogP contribution is 2.08. The van der Waals surface area contributed by atoms with Crippen LogP contribution in [0.25, 0.3) is 0 Å². The third kappa shape index (κ3) is 5.10. The van der Waals surface area contributed by atoms with Crippen LogP contribution in [0.5, 0.6) is 0 Å². The van der Waals surface area contributed by atoms with Gasteiger partial charge in [-0.05, 0) is 31.2 Å². The van der Waals surface area contributed by atoms with Gasteiger partial charge in [-0.1, -0.05) is 29.8 Å². The van der Waals surface area contributed by atoms with Crippen LogP contribution in [0, 0.1) is 12.7 Å². The molecule has 0 aliphatic carbocycles. The van der Waals surface area contributed by atoms with E-state index in [1.165, 1.54) is 18.2 Å². The van der Waals surface area contributed by atoms with Gasteiger partial charge < -0.3 is 16.4 Å². The first kappa shape index (κ1) is 16.5. The number of hydrogen-bond acceptors (Lipinski definition) is 2. The van der Waals surface area contributed by atoms with Gasteiger partial charge in [0.05, 0.1) is 12.1 Å². The van der Waals surface area contributed by atoms with Crippen molar-refractivity contribution < 1.29 is 9.18 Å². The summed E-state index contributed by atoms with van der Waals surface area (Å²) >= 11 is 0. The van der Waals surface area contributed by atoms with E-state index < -0.39 is 11.7 Å². The Morgan fingerprint density at radius 1 is 1.17 bits per heavy atom. The van der Waals surface area contributed by atoms with Gasteiger partial charge in [0.15, 0.2) is 5.96 Å². The molecule has 0 spiro atoms. The maximum Gasteiger partial charge on any atom is 0.254 e. The predicted octanol–water partition coefficient (Wildman–Crippen LogP) is 2.29. The quantitative estimate of drug-likeness (QED) is 0.450. The molecule has 2 aromatic rings. The van der Waals surface area contributed by atoms with Crippen molar-refractivity contribution >= 4 is 17.6 Å². The van der Waals surface area contributed by atoms with Crippen LogP contribution < -0.4 is 16.4 Å². The van der Waals surface area contributed by atoms with Crippen LogP contribution in [0.2, 0.25) is 0 Å². The first-order chi connectivity index (χ1) is 11.1. The topological polar surface area (TPSA) is 79.5 Å². The summed E-state index contributed by atoms with van der Waals surface area (Å²) in [7, 11) is 0. The molecular weight excluding hydrogens is 295 g/mol. The monoisotopic (exact) mass is 314 g/mol. The molecule has 23 heavy (non-hydrogen) atoms. The number of anilines is 1. The molecule has 120 valence electrons. The Morgan fingerprint density at radius 3 is 2.57 bits per heavy atom. The zero-order chi connectivity index (χ0) is 16.7. The molecule has 0 radical (unpaired) electrons. The molecule has 0 saturated carbocycles. The van der Waals surface area contributed by atoms with E-state index in [1.807, 2.05) is 31.2 Å². The number of halogens is 1. The van der Waals surface area contributed by atoms with Crippen molar-refractivity contribution in [3.05, 3.63) is 65.5 Å². The number of nitrogens with two attached hydrogens (primary N) is 1. The molecular formula is C17H19FN4O. The number of amides is 1. The van der Waals surface area contributed by atoms with Gasteiger partial charge in [-0.15, -0.1) is 0 Å². The molecule has 0 aromatic heterocycles. The summed E-state index contributed by atoms with van der Waals surface area (Å²) in [6.45, 7) is 2.56. The smallest absolute Gasteiger partial charge is 0.254 e. The number of carbonyl (C=O) groups is 1. The Balaban J connectivity index is 1.78. The third-order valence-electron chi connectivity index (χ3n) is 3.12. The average molecular weight is 314 g/mol. The lowest BCUT2D eigenvalue weighted by atomic mass is 10.2. The Bertz CT molecular complexity index is 698. The highest BCUT2D eigenvalue weighted by molar-refractivity contribution is 5.94. The minimum absolute atomic E-state index is 0.0160. The third-order valence-corrected chi connectivity index (χ3v) is 3.12. The lowest BCUT2D eigenvalue weighted by Gasteiger charge is -2.07. The zero-order valence-corrected chi connectivity index (χ0v) is 12.8. The van der Waals surface area contributed by atoms with Gasteiger partial charge in [0.1, 0.15) is 5.82 Å². The number of aliphatic imine (C=N–C) groups is 1. The maximum absolute atomic E-state index is 13.4. The lowest BCUT2D eigenvalue weighted by Crippen LogP contribution is -2.29. The van der Waals surface area contributed by atoms with Crippen LogP contribution in [0.4, 0.5) is 10.1 Å². The maximum atomic E-state index is 13.4. The van der Waals surface area contributed by atoms with Crippen molar-refractivity contribution in [1.29, 1.82) is 0 Å². The van der Waals surface area contributed by atoms with E-state index in [0.717, 1.165) is 11.3 Å². The number of nitrogens with one attached hydrogen (secondary N) is 2. The molecule has 0 unspecified atom stereocenters. The first-order valence-electron chi connectivity index (χ1n) is 7.22.